The van der Waals surface area contributed by atoms with Gasteiger partial charge in [0.05, 0.1) is 7.11 Å². The Balaban J connectivity index is 2.31. The molecule has 0 amide bonds. The summed E-state index contributed by atoms with van der Waals surface area (Å²) in [6.07, 6.45) is -0.661. The molecule has 0 aliphatic heterocycles. The highest BCUT2D eigenvalue weighted by Crippen LogP contribution is 2.25. The summed E-state index contributed by atoms with van der Waals surface area (Å²) in [6, 6.07) is 15.1. The molecule has 0 saturated carbocycles. The van der Waals surface area contributed by atoms with E-state index in [4.69, 9.17) is 10.5 Å². The summed E-state index contributed by atoms with van der Waals surface area (Å²) in [4.78, 5) is 0. The van der Waals surface area contributed by atoms with Gasteiger partial charge in [-0.15, -0.1) is 0 Å². The van der Waals surface area contributed by atoms with Crippen LogP contribution in [0, 0.1) is 0 Å². The average molecular weight is 243 g/mol. The van der Waals surface area contributed by atoms with Crippen LogP contribution in [-0.2, 0) is 6.54 Å². The van der Waals surface area contributed by atoms with Gasteiger partial charge in [0, 0.05) is 6.54 Å². The van der Waals surface area contributed by atoms with E-state index >= 15 is 0 Å². The fraction of sp³-hybridized carbons (Fsp3) is 0.200. The third-order valence-electron chi connectivity index (χ3n) is 2.91. The maximum atomic E-state index is 10.3. The second-order valence-electron chi connectivity index (χ2n) is 4.13. The minimum atomic E-state index is -0.661. The van der Waals surface area contributed by atoms with Gasteiger partial charge in [0.2, 0.25) is 0 Å². The Kier molecular flexibility index (Phi) is 3.97. The molecule has 94 valence electrons. The highest BCUT2D eigenvalue weighted by atomic mass is 16.5. The van der Waals surface area contributed by atoms with Crippen molar-refractivity contribution in [2.24, 2.45) is 5.73 Å². The number of benzene rings is 2. The predicted octanol–water partition coefficient (Wildman–Crippen LogP) is 2.24. The van der Waals surface area contributed by atoms with E-state index in [1.807, 2.05) is 48.5 Å². The first-order valence-corrected chi connectivity index (χ1v) is 5.85. The quantitative estimate of drug-likeness (QED) is 0.865. The van der Waals surface area contributed by atoms with E-state index in [1.165, 1.54) is 0 Å². The second kappa shape index (κ2) is 5.67. The van der Waals surface area contributed by atoms with E-state index < -0.39 is 6.10 Å². The molecule has 2 aromatic carbocycles. The van der Waals surface area contributed by atoms with Gasteiger partial charge in [-0.05, 0) is 28.8 Å². The van der Waals surface area contributed by atoms with Crippen LogP contribution in [0.3, 0.4) is 0 Å². The maximum Gasteiger partial charge on any atom is 0.119 e. The van der Waals surface area contributed by atoms with Gasteiger partial charge in [0.15, 0.2) is 0 Å². The van der Waals surface area contributed by atoms with Gasteiger partial charge in [-0.3, -0.25) is 0 Å². The molecule has 0 spiro atoms. The number of hydrogen-bond donors (Lipinski definition) is 2. The maximum absolute atomic E-state index is 10.3. The fourth-order valence-electron chi connectivity index (χ4n) is 1.89. The van der Waals surface area contributed by atoms with Crippen molar-refractivity contribution in [1.29, 1.82) is 0 Å². The van der Waals surface area contributed by atoms with E-state index in [0.717, 1.165) is 22.4 Å². The normalized spacial score (nSPS) is 12.2. The number of rotatable bonds is 4. The van der Waals surface area contributed by atoms with E-state index in [0.29, 0.717) is 6.54 Å². The number of methoxy groups -OCH3 is 1. The van der Waals surface area contributed by atoms with Crippen LogP contribution < -0.4 is 10.5 Å². The zero-order chi connectivity index (χ0) is 13.0. The van der Waals surface area contributed by atoms with Gasteiger partial charge in [-0.2, -0.15) is 0 Å². The molecule has 3 N–H and O–H groups in total. The van der Waals surface area contributed by atoms with Gasteiger partial charge < -0.3 is 15.6 Å². The van der Waals surface area contributed by atoms with E-state index in [-0.39, 0.29) is 0 Å². The third kappa shape index (κ3) is 2.70. The van der Waals surface area contributed by atoms with Crippen LogP contribution in [0.5, 0.6) is 5.75 Å². The molecule has 3 nitrogen and oxygen atoms in total. The van der Waals surface area contributed by atoms with Crippen LogP contribution in [0.25, 0.3) is 0 Å². The fourth-order valence-corrected chi connectivity index (χ4v) is 1.89. The van der Waals surface area contributed by atoms with Crippen LogP contribution in [-0.4, -0.2) is 12.2 Å². The van der Waals surface area contributed by atoms with E-state index in [2.05, 4.69) is 0 Å². The molecular formula is C15H17NO2. The van der Waals surface area contributed by atoms with Crippen LogP contribution in [0.1, 0.15) is 22.8 Å². The lowest BCUT2D eigenvalue weighted by Crippen LogP contribution is -2.02. The Bertz CT molecular complexity index is 478. The van der Waals surface area contributed by atoms with Crippen molar-refractivity contribution in [2.75, 3.05) is 7.11 Å². The second-order valence-corrected chi connectivity index (χ2v) is 4.13. The van der Waals surface area contributed by atoms with Gasteiger partial charge in [-0.25, -0.2) is 0 Å². The number of hydrogen-bond acceptors (Lipinski definition) is 3. The van der Waals surface area contributed by atoms with Crippen molar-refractivity contribution in [3.8, 4) is 5.75 Å². The lowest BCUT2D eigenvalue weighted by Gasteiger charge is -2.13. The zero-order valence-corrected chi connectivity index (χ0v) is 10.3. The van der Waals surface area contributed by atoms with Gasteiger partial charge in [0.25, 0.3) is 0 Å². The molecule has 1 unspecified atom stereocenters. The Morgan fingerprint density at radius 3 is 2.44 bits per heavy atom. The monoisotopic (exact) mass is 243 g/mol. The molecule has 3 heteroatoms. The zero-order valence-electron chi connectivity index (χ0n) is 10.3. The molecule has 0 heterocycles. The van der Waals surface area contributed by atoms with Crippen molar-refractivity contribution in [1.82, 2.24) is 0 Å². The molecule has 0 fully saturated rings. The van der Waals surface area contributed by atoms with Crippen molar-refractivity contribution in [3.05, 3.63) is 65.2 Å². The topological polar surface area (TPSA) is 55.5 Å². The van der Waals surface area contributed by atoms with Crippen LogP contribution in [0.4, 0.5) is 0 Å². The van der Waals surface area contributed by atoms with Crippen molar-refractivity contribution in [2.45, 2.75) is 12.6 Å². The largest absolute Gasteiger partial charge is 0.497 e. The van der Waals surface area contributed by atoms with E-state index in [9.17, 15) is 5.11 Å². The van der Waals surface area contributed by atoms with Gasteiger partial charge in [-0.1, -0.05) is 36.4 Å². The summed E-state index contributed by atoms with van der Waals surface area (Å²) >= 11 is 0. The molecule has 2 rings (SSSR count). The van der Waals surface area contributed by atoms with Crippen molar-refractivity contribution < 1.29 is 9.84 Å². The molecule has 0 saturated heterocycles. The highest BCUT2D eigenvalue weighted by Gasteiger charge is 2.11. The Hall–Kier alpha value is -1.84. The number of aliphatic hydroxyl groups is 1. The third-order valence-corrected chi connectivity index (χ3v) is 2.91. The minimum absolute atomic E-state index is 0.471. The van der Waals surface area contributed by atoms with Crippen molar-refractivity contribution in [3.63, 3.8) is 0 Å². The first-order valence-electron chi connectivity index (χ1n) is 5.85. The van der Waals surface area contributed by atoms with Crippen LogP contribution in [0.15, 0.2) is 48.5 Å². The summed E-state index contributed by atoms with van der Waals surface area (Å²) in [6.45, 7) is 0.471. The molecule has 0 aliphatic carbocycles. The Morgan fingerprint density at radius 2 is 1.78 bits per heavy atom. The smallest absolute Gasteiger partial charge is 0.119 e. The number of nitrogens with two attached hydrogens (primary N) is 1. The lowest BCUT2D eigenvalue weighted by atomic mass is 9.99. The first-order chi connectivity index (χ1) is 8.74. The van der Waals surface area contributed by atoms with Gasteiger partial charge >= 0.3 is 0 Å². The molecular weight excluding hydrogens is 226 g/mol. The standard InChI is InChI=1S/C15H17NO2/c1-18-14-7-3-6-13(9-14)15(17)12-5-2-4-11(8-12)10-16/h2-9,15,17H,10,16H2,1H3. The summed E-state index contributed by atoms with van der Waals surface area (Å²) in [5, 5.41) is 10.3. The summed E-state index contributed by atoms with van der Waals surface area (Å²) in [5.74, 6) is 0.738. The average Bonchev–Trinajstić information content (AvgIpc) is 2.46. The molecule has 0 aromatic heterocycles. The van der Waals surface area contributed by atoms with Gasteiger partial charge in [0.1, 0.15) is 11.9 Å². The number of ether oxygens (including phenoxy) is 1. The minimum Gasteiger partial charge on any atom is -0.497 e. The summed E-state index contributed by atoms with van der Waals surface area (Å²) < 4.78 is 5.15. The first kappa shape index (κ1) is 12.6. The molecule has 0 bridgehead atoms. The predicted molar refractivity (Wildman–Crippen MR) is 71.4 cm³/mol. The Morgan fingerprint density at radius 1 is 1.11 bits per heavy atom. The van der Waals surface area contributed by atoms with E-state index in [1.54, 1.807) is 7.11 Å². The SMILES string of the molecule is COc1cccc(C(O)c2cccc(CN)c2)c1. The lowest BCUT2D eigenvalue weighted by molar-refractivity contribution is 0.219. The molecule has 0 radical (unpaired) electrons. The highest BCUT2D eigenvalue weighted by molar-refractivity contribution is 5.36. The molecule has 1 atom stereocenters. The molecule has 18 heavy (non-hydrogen) atoms. The molecule has 2 aromatic rings. The van der Waals surface area contributed by atoms with Crippen LogP contribution in [0.2, 0.25) is 0 Å². The molecule has 0 aliphatic rings. The summed E-state index contributed by atoms with van der Waals surface area (Å²) in [5.41, 5.74) is 8.26. The van der Waals surface area contributed by atoms with Crippen molar-refractivity contribution >= 4 is 0 Å². The number of aliphatic hydroxyl groups excluding tert-OH is 1. The Labute approximate surface area is 107 Å². The van der Waals surface area contributed by atoms with Crippen LogP contribution >= 0.6 is 0 Å². The summed E-state index contributed by atoms with van der Waals surface area (Å²) in [7, 11) is 1.61.